The van der Waals surface area contributed by atoms with E-state index in [1.807, 2.05) is 13.8 Å². The third kappa shape index (κ3) is 2.65. The normalized spacial score (nSPS) is 21.9. The Kier molecular flexibility index (Phi) is 4.31. The molecule has 20 heavy (non-hydrogen) atoms. The van der Waals surface area contributed by atoms with Gasteiger partial charge in [-0.05, 0) is 37.3 Å². The van der Waals surface area contributed by atoms with E-state index in [1.54, 1.807) is 12.4 Å². The van der Waals surface area contributed by atoms with Gasteiger partial charge in [0.15, 0.2) is 5.82 Å². The fraction of sp³-hybridized carbons (Fsp3) is 0.500. The molecular weight excluding hydrogens is 258 g/mol. The van der Waals surface area contributed by atoms with Crippen LogP contribution >= 0.6 is 0 Å². The zero-order chi connectivity index (χ0) is 14.8. The van der Waals surface area contributed by atoms with E-state index in [-0.39, 0.29) is 11.4 Å². The third-order valence-electron chi connectivity index (χ3n) is 3.82. The Morgan fingerprint density at radius 1 is 1.40 bits per heavy atom. The molecule has 1 aromatic rings. The summed E-state index contributed by atoms with van der Waals surface area (Å²) in [5.41, 5.74) is 1.40. The van der Waals surface area contributed by atoms with Gasteiger partial charge in [0.05, 0.1) is 5.57 Å². The quantitative estimate of drug-likeness (QED) is 0.806. The van der Waals surface area contributed by atoms with Crippen molar-refractivity contribution in [3.05, 3.63) is 42.0 Å². The monoisotopic (exact) mass is 278 g/mol. The minimum Gasteiger partial charge on any atom is -0.236 e. The second kappa shape index (κ2) is 5.81. The highest BCUT2D eigenvalue weighted by Crippen LogP contribution is 2.48. The summed E-state index contributed by atoms with van der Waals surface area (Å²) >= 11 is 0. The first-order valence-corrected chi connectivity index (χ1v) is 7.03. The molecule has 0 radical (unpaired) electrons. The van der Waals surface area contributed by atoms with Gasteiger partial charge in [-0.2, -0.15) is 0 Å². The molecule has 0 N–H and O–H groups in total. The van der Waals surface area contributed by atoms with E-state index in [1.165, 1.54) is 6.08 Å². The Balaban J connectivity index is 2.50. The average Bonchev–Trinajstić information content (AvgIpc) is 2.42. The maximum absolute atomic E-state index is 14.8. The molecule has 1 aliphatic rings. The van der Waals surface area contributed by atoms with Crippen molar-refractivity contribution in [2.45, 2.75) is 45.5 Å². The second-order valence-corrected chi connectivity index (χ2v) is 5.34. The summed E-state index contributed by atoms with van der Waals surface area (Å²) in [5, 5.41) is 0. The number of hydrogen-bond donors (Lipinski definition) is 0. The molecule has 1 aromatic heterocycles. The van der Waals surface area contributed by atoms with Crippen molar-refractivity contribution in [1.29, 1.82) is 0 Å². The van der Waals surface area contributed by atoms with Crippen LogP contribution in [0, 0.1) is 12.8 Å². The van der Waals surface area contributed by atoms with Gasteiger partial charge in [0, 0.05) is 18.3 Å². The standard InChI is InChI=1S/C16H20F2N2/c1-4-6-13-8-7-12(5-2)14(16(13,17)18)15-19-9-11(3)10-20-15/h5,9-10,13H,2,4,6-8H2,1,3H3. The van der Waals surface area contributed by atoms with E-state index < -0.39 is 11.8 Å². The van der Waals surface area contributed by atoms with Crippen molar-refractivity contribution in [3.63, 3.8) is 0 Å². The fourth-order valence-corrected chi connectivity index (χ4v) is 2.75. The van der Waals surface area contributed by atoms with E-state index >= 15 is 0 Å². The van der Waals surface area contributed by atoms with E-state index in [2.05, 4.69) is 16.5 Å². The summed E-state index contributed by atoms with van der Waals surface area (Å²) in [7, 11) is 0. The summed E-state index contributed by atoms with van der Waals surface area (Å²) < 4.78 is 29.5. The number of hydrogen-bond acceptors (Lipinski definition) is 2. The summed E-state index contributed by atoms with van der Waals surface area (Å²) in [6, 6.07) is 0. The number of rotatable bonds is 4. The molecule has 1 unspecified atom stereocenters. The predicted molar refractivity (Wildman–Crippen MR) is 76.5 cm³/mol. The van der Waals surface area contributed by atoms with Crippen molar-refractivity contribution in [2.24, 2.45) is 5.92 Å². The van der Waals surface area contributed by atoms with Crippen LogP contribution in [0.2, 0.25) is 0 Å². The molecule has 0 amide bonds. The fourth-order valence-electron chi connectivity index (χ4n) is 2.75. The van der Waals surface area contributed by atoms with Crippen LogP contribution in [0.1, 0.15) is 44.0 Å². The first-order valence-electron chi connectivity index (χ1n) is 7.03. The van der Waals surface area contributed by atoms with Crippen LogP contribution < -0.4 is 0 Å². The summed E-state index contributed by atoms with van der Waals surface area (Å²) in [6.45, 7) is 7.44. The molecule has 108 valence electrons. The minimum absolute atomic E-state index is 0.0304. The van der Waals surface area contributed by atoms with Gasteiger partial charge >= 0.3 is 0 Å². The van der Waals surface area contributed by atoms with Crippen LogP contribution in [0.25, 0.3) is 5.57 Å². The van der Waals surface area contributed by atoms with Crippen molar-refractivity contribution in [1.82, 2.24) is 9.97 Å². The predicted octanol–water partition coefficient (Wildman–Crippen LogP) is 4.57. The highest BCUT2D eigenvalue weighted by Gasteiger charge is 2.47. The van der Waals surface area contributed by atoms with Gasteiger partial charge in [-0.1, -0.05) is 26.0 Å². The van der Waals surface area contributed by atoms with Gasteiger partial charge in [-0.25, -0.2) is 18.7 Å². The zero-order valence-electron chi connectivity index (χ0n) is 12.0. The maximum Gasteiger partial charge on any atom is 0.279 e. The zero-order valence-corrected chi connectivity index (χ0v) is 12.0. The molecular formula is C16H20F2N2. The van der Waals surface area contributed by atoms with Crippen LogP contribution in [0.5, 0.6) is 0 Å². The van der Waals surface area contributed by atoms with Crippen molar-refractivity contribution < 1.29 is 8.78 Å². The third-order valence-corrected chi connectivity index (χ3v) is 3.82. The molecule has 0 aliphatic heterocycles. The van der Waals surface area contributed by atoms with E-state index in [9.17, 15) is 8.78 Å². The molecule has 2 rings (SSSR count). The summed E-state index contributed by atoms with van der Waals surface area (Å²) in [5.74, 6) is -3.38. The van der Waals surface area contributed by atoms with E-state index in [0.717, 1.165) is 12.0 Å². The molecule has 0 saturated heterocycles. The molecule has 0 aromatic carbocycles. The lowest BCUT2D eigenvalue weighted by molar-refractivity contribution is -0.0120. The van der Waals surface area contributed by atoms with Crippen LogP contribution in [0.4, 0.5) is 8.78 Å². The Morgan fingerprint density at radius 2 is 2.05 bits per heavy atom. The lowest BCUT2D eigenvalue weighted by Crippen LogP contribution is -2.34. The minimum atomic E-state index is -2.88. The summed E-state index contributed by atoms with van der Waals surface area (Å²) in [6.07, 6.45) is 7.08. The average molecular weight is 278 g/mol. The molecule has 1 aliphatic carbocycles. The SMILES string of the molecule is C=CC1=C(c2ncc(C)cn2)C(F)(F)C(CCC)CC1. The highest BCUT2D eigenvalue weighted by molar-refractivity contribution is 5.72. The number of halogens is 2. The Hall–Kier alpha value is -1.58. The van der Waals surface area contributed by atoms with Crippen molar-refractivity contribution >= 4 is 5.57 Å². The lowest BCUT2D eigenvalue weighted by atomic mass is 9.78. The smallest absolute Gasteiger partial charge is 0.236 e. The molecule has 0 spiro atoms. The highest BCUT2D eigenvalue weighted by atomic mass is 19.3. The van der Waals surface area contributed by atoms with Crippen LogP contribution in [0.3, 0.4) is 0 Å². The number of nitrogens with zero attached hydrogens (tertiary/aromatic N) is 2. The molecule has 1 atom stereocenters. The molecule has 0 saturated carbocycles. The maximum atomic E-state index is 14.8. The summed E-state index contributed by atoms with van der Waals surface area (Å²) in [4.78, 5) is 8.19. The van der Waals surface area contributed by atoms with Gasteiger partial charge in [0.1, 0.15) is 0 Å². The Bertz CT molecular complexity index is 518. The molecule has 1 heterocycles. The topological polar surface area (TPSA) is 25.8 Å². The van der Waals surface area contributed by atoms with Crippen molar-refractivity contribution in [3.8, 4) is 0 Å². The molecule has 0 fully saturated rings. The molecule has 2 nitrogen and oxygen atoms in total. The first-order chi connectivity index (χ1) is 9.50. The first kappa shape index (κ1) is 14.8. The molecule has 0 bridgehead atoms. The van der Waals surface area contributed by atoms with Crippen LogP contribution in [-0.4, -0.2) is 15.9 Å². The van der Waals surface area contributed by atoms with Gasteiger partial charge in [0.25, 0.3) is 5.92 Å². The Labute approximate surface area is 118 Å². The van der Waals surface area contributed by atoms with Gasteiger partial charge in [-0.3, -0.25) is 0 Å². The van der Waals surface area contributed by atoms with E-state index in [4.69, 9.17) is 0 Å². The number of aromatic nitrogens is 2. The largest absolute Gasteiger partial charge is 0.279 e. The van der Waals surface area contributed by atoms with Crippen LogP contribution in [0.15, 0.2) is 30.6 Å². The second-order valence-electron chi connectivity index (χ2n) is 5.34. The molecule has 4 heteroatoms. The van der Waals surface area contributed by atoms with Gasteiger partial charge in [-0.15, -0.1) is 0 Å². The lowest BCUT2D eigenvalue weighted by Gasteiger charge is -2.34. The number of allylic oxidation sites excluding steroid dienone is 3. The van der Waals surface area contributed by atoms with Gasteiger partial charge in [0.2, 0.25) is 0 Å². The van der Waals surface area contributed by atoms with Crippen molar-refractivity contribution in [2.75, 3.05) is 0 Å². The van der Waals surface area contributed by atoms with Crippen LogP contribution in [-0.2, 0) is 0 Å². The Morgan fingerprint density at radius 3 is 2.60 bits per heavy atom. The van der Waals surface area contributed by atoms with E-state index in [0.29, 0.717) is 24.8 Å². The van der Waals surface area contributed by atoms with Gasteiger partial charge < -0.3 is 0 Å². The number of alkyl halides is 2. The number of aryl methyl sites for hydroxylation is 1.